The van der Waals surface area contributed by atoms with Crippen molar-refractivity contribution in [1.29, 1.82) is 0 Å². The fraction of sp³-hybridized carbons (Fsp3) is 0.857. The number of hydrogen-bond acceptors (Lipinski definition) is 3. The second kappa shape index (κ2) is 6.84. The summed E-state index contributed by atoms with van der Waals surface area (Å²) in [6, 6.07) is -1.58. The number of ether oxygens (including phenoxy) is 1. The summed E-state index contributed by atoms with van der Waals surface area (Å²) in [6.07, 6.45) is -4.95. The number of alkyl halides is 3. The third kappa shape index (κ3) is 5.80. The van der Waals surface area contributed by atoms with E-state index in [4.69, 9.17) is 4.74 Å². The van der Waals surface area contributed by atoms with Crippen LogP contribution in [0.1, 0.15) is 34.6 Å². The lowest BCUT2D eigenvalue weighted by Crippen LogP contribution is -2.62. The minimum atomic E-state index is -4.46. The number of halogens is 3. The molecule has 0 radical (unpaired) electrons. The molecule has 134 valence electrons. The molecule has 9 heteroatoms. The maximum Gasteiger partial charge on any atom is 0.410 e. The number of piperazine rings is 1. The Balaban J connectivity index is 2.66. The van der Waals surface area contributed by atoms with Crippen LogP contribution < -0.4 is 5.32 Å². The minimum Gasteiger partial charge on any atom is -0.444 e. The lowest BCUT2D eigenvalue weighted by atomic mass is 10.1. The van der Waals surface area contributed by atoms with E-state index < -0.39 is 36.5 Å². The summed E-state index contributed by atoms with van der Waals surface area (Å²) >= 11 is 0. The Bertz CT molecular complexity index is 449. The third-order valence-corrected chi connectivity index (χ3v) is 3.59. The van der Waals surface area contributed by atoms with E-state index in [2.05, 4.69) is 0 Å². The van der Waals surface area contributed by atoms with Gasteiger partial charge in [-0.1, -0.05) is 0 Å². The molecule has 1 aliphatic rings. The molecular weight excluding hydrogens is 315 g/mol. The van der Waals surface area contributed by atoms with E-state index in [1.165, 1.54) is 9.80 Å². The molecule has 1 saturated heterocycles. The molecule has 1 rings (SSSR count). The number of hydrogen-bond donors (Lipinski definition) is 1. The van der Waals surface area contributed by atoms with Gasteiger partial charge in [0.05, 0.1) is 12.1 Å². The summed E-state index contributed by atoms with van der Waals surface area (Å²) in [6.45, 7) is 7.65. The SMILES string of the molecule is C[C@@H]1[C@@H](C)N(C(=O)OC(C)(C)C)CCN1C(=O)NCC(F)(F)F. The molecule has 0 spiro atoms. The highest BCUT2D eigenvalue weighted by Gasteiger charge is 2.38. The molecule has 0 saturated carbocycles. The van der Waals surface area contributed by atoms with Crippen molar-refractivity contribution in [3.05, 3.63) is 0 Å². The maximum atomic E-state index is 12.2. The fourth-order valence-electron chi connectivity index (χ4n) is 2.29. The van der Waals surface area contributed by atoms with Crippen LogP contribution in [0, 0.1) is 0 Å². The molecule has 0 aromatic rings. The van der Waals surface area contributed by atoms with Crippen LogP contribution in [0.25, 0.3) is 0 Å². The molecule has 0 aromatic carbocycles. The van der Waals surface area contributed by atoms with Gasteiger partial charge >= 0.3 is 18.3 Å². The van der Waals surface area contributed by atoms with Gasteiger partial charge in [-0.15, -0.1) is 0 Å². The normalized spacial score (nSPS) is 22.8. The first-order chi connectivity index (χ1) is 10.3. The number of nitrogens with one attached hydrogen (secondary N) is 1. The van der Waals surface area contributed by atoms with Crippen molar-refractivity contribution in [3.8, 4) is 0 Å². The van der Waals surface area contributed by atoms with Gasteiger partial charge in [0.2, 0.25) is 0 Å². The second-order valence-electron chi connectivity index (χ2n) is 6.62. The monoisotopic (exact) mass is 339 g/mol. The van der Waals surface area contributed by atoms with E-state index >= 15 is 0 Å². The Morgan fingerprint density at radius 1 is 1.09 bits per heavy atom. The van der Waals surface area contributed by atoms with E-state index in [9.17, 15) is 22.8 Å². The fourth-order valence-corrected chi connectivity index (χ4v) is 2.29. The van der Waals surface area contributed by atoms with Crippen LogP contribution in [0.2, 0.25) is 0 Å². The Labute approximate surface area is 133 Å². The molecule has 1 heterocycles. The number of amides is 3. The molecule has 0 bridgehead atoms. The average molecular weight is 339 g/mol. The summed E-state index contributed by atoms with van der Waals surface area (Å²) in [5.74, 6) is 0. The van der Waals surface area contributed by atoms with E-state index in [0.29, 0.717) is 0 Å². The topological polar surface area (TPSA) is 61.9 Å². The van der Waals surface area contributed by atoms with E-state index in [0.717, 1.165) is 0 Å². The number of rotatable bonds is 1. The van der Waals surface area contributed by atoms with Crippen LogP contribution in [0.5, 0.6) is 0 Å². The zero-order chi connectivity index (χ0) is 18.0. The van der Waals surface area contributed by atoms with Gasteiger partial charge in [-0.3, -0.25) is 0 Å². The van der Waals surface area contributed by atoms with Crippen LogP contribution in [-0.4, -0.2) is 65.4 Å². The van der Waals surface area contributed by atoms with E-state index in [1.54, 1.807) is 34.6 Å². The van der Waals surface area contributed by atoms with Gasteiger partial charge in [0.15, 0.2) is 0 Å². The minimum absolute atomic E-state index is 0.147. The lowest BCUT2D eigenvalue weighted by molar-refractivity contribution is -0.123. The van der Waals surface area contributed by atoms with Crippen LogP contribution in [0.4, 0.5) is 22.8 Å². The molecule has 0 aliphatic carbocycles. The van der Waals surface area contributed by atoms with Crippen molar-refractivity contribution in [2.45, 2.75) is 58.5 Å². The standard InChI is InChI=1S/C14H24F3N3O3/c1-9-10(2)20(12(22)23-13(3,4)5)7-6-19(9)11(21)18-8-14(15,16)17/h9-10H,6-8H2,1-5H3,(H,18,21)/t9-,10-/m1/s1. The van der Waals surface area contributed by atoms with Crippen molar-refractivity contribution in [1.82, 2.24) is 15.1 Å². The predicted molar refractivity (Wildman–Crippen MR) is 78.0 cm³/mol. The lowest BCUT2D eigenvalue weighted by Gasteiger charge is -2.44. The first-order valence-corrected chi connectivity index (χ1v) is 7.42. The number of carbonyl (C=O) groups is 2. The van der Waals surface area contributed by atoms with Crippen molar-refractivity contribution in [2.24, 2.45) is 0 Å². The van der Waals surface area contributed by atoms with Gasteiger partial charge in [0.25, 0.3) is 0 Å². The zero-order valence-corrected chi connectivity index (χ0v) is 14.0. The Morgan fingerprint density at radius 2 is 1.57 bits per heavy atom. The van der Waals surface area contributed by atoms with Crippen LogP contribution in [-0.2, 0) is 4.74 Å². The highest BCUT2D eigenvalue weighted by atomic mass is 19.4. The molecular formula is C14H24F3N3O3. The van der Waals surface area contributed by atoms with Gasteiger partial charge in [-0.05, 0) is 34.6 Å². The van der Waals surface area contributed by atoms with Crippen molar-refractivity contribution in [2.75, 3.05) is 19.6 Å². The zero-order valence-electron chi connectivity index (χ0n) is 14.0. The smallest absolute Gasteiger partial charge is 0.410 e. The summed E-state index contributed by atoms with van der Waals surface area (Å²) in [7, 11) is 0. The Hall–Kier alpha value is -1.67. The van der Waals surface area contributed by atoms with Crippen molar-refractivity contribution < 1.29 is 27.5 Å². The quantitative estimate of drug-likeness (QED) is 0.799. The molecule has 0 aromatic heterocycles. The number of urea groups is 1. The maximum absolute atomic E-state index is 12.2. The van der Waals surface area contributed by atoms with Gasteiger partial charge < -0.3 is 19.9 Å². The van der Waals surface area contributed by atoms with Crippen molar-refractivity contribution >= 4 is 12.1 Å². The summed E-state index contributed by atoms with van der Waals surface area (Å²) in [5.41, 5.74) is -0.638. The molecule has 1 fully saturated rings. The largest absolute Gasteiger partial charge is 0.444 e. The van der Waals surface area contributed by atoms with Crippen LogP contribution >= 0.6 is 0 Å². The summed E-state index contributed by atoms with van der Waals surface area (Å²) in [4.78, 5) is 26.8. The summed E-state index contributed by atoms with van der Waals surface area (Å²) in [5, 5.41) is 1.85. The Kier molecular flexibility index (Phi) is 5.76. The molecule has 23 heavy (non-hydrogen) atoms. The molecule has 3 amide bonds. The van der Waals surface area contributed by atoms with Gasteiger partial charge in [-0.25, -0.2) is 9.59 Å². The first-order valence-electron chi connectivity index (χ1n) is 7.42. The third-order valence-electron chi connectivity index (χ3n) is 3.59. The molecule has 1 N–H and O–H groups in total. The predicted octanol–water partition coefficient (Wildman–Crippen LogP) is 2.59. The van der Waals surface area contributed by atoms with Crippen LogP contribution in [0.15, 0.2) is 0 Å². The summed E-state index contributed by atoms with van der Waals surface area (Å²) < 4.78 is 41.8. The number of carbonyl (C=O) groups excluding carboxylic acids is 2. The Morgan fingerprint density at radius 3 is 2.04 bits per heavy atom. The van der Waals surface area contributed by atoms with Crippen LogP contribution in [0.3, 0.4) is 0 Å². The highest BCUT2D eigenvalue weighted by Crippen LogP contribution is 2.20. The highest BCUT2D eigenvalue weighted by molar-refractivity contribution is 5.75. The molecule has 1 aliphatic heterocycles. The molecule has 0 unspecified atom stereocenters. The van der Waals surface area contributed by atoms with E-state index in [-0.39, 0.29) is 19.1 Å². The average Bonchev–Trinajstić information content (AvgIpc) is 2.36. The number of nitrogens with zero attached hydrogens (tertiary/aromatic N) is 2. The van der Waals surface area contributed by atoms with E-state index in [1.807, 2.05) is 5.32 Å². The van der Waals surface area contributed by atoms with Gasteiger partial charge in [0, 0.05) is 13.1 Å². The van der Waals surface area contributed by atoms with Gasteiger partial charge in [-0.2, -0.15) is 13.2 Å². The molecule has 6 nitrogen and oxygen atoms in total. The molecule has 2 atom stereocenters. The van der Waals surface area contributed by atoms with Gasteiger partial charge in [0.1, 0.15) is 12.1 Å². The second-order valence-corrected chi connectivity index (χ2v) is 6.62. The van der Waals surface area contributed by atoms with Crippen molar-refractivity contribution in [3.63, 3.8) is 0 Å². The first kappa shape index (κ1) is 19.4.